The molecule has 1 amide bonds. The molecule has 4 aromatic rings. The van der Waals surface area contributed by atoms with E-state index >= 15 is 0 Å². The minimum atomic E-state index is -0.361. The monoisotopic (exact) mass is 387 g/mol. The molecule has 0 saturated heterocycles. The number of aromatic nitrogens is 4. The van der Waals surface area contributed by atoms with E-state index < -0.39 is 0 Å². The average molecular weight is 387 g/mol. The van der Waals surface area contributed by atoms with Gasteiger partial charge in [0.15, 0.2) is 11.6 Å². The van der Waals surface area contributed by atoms with Crippen molar-refractivity contribution in [3.8, 4) is 11.5 Å². The molecule has 29 heavy (non-hydrogen) atoms. The Bertz CT molecular complexity index is 1220. The summed E-state index contributed by atoms with van der Waals surface area (Å²) in [6.07, 6.45) is 0. The van der Waals surface area contributed by atoms with Crippen LogP contribution < -0.4 is 0 Å². The molecule has 7 heteroatoms. The zero-order valence-corrected chi connectivity index (χ0v) is 15.8. The van der Waals surface area contributed by atoms with Crippen LogP contribution in [0.15, 0.2) is 60.7 Å². The molecule has 144 valence electrons. The largest absolute Gasteiger partial charge is 0.327 e. The second kappa shape index (κ2) is 6.77. The van der Waals surface area contributed by atoms with Crippen LogP contribution in [0.5, 0.6) is 0 Å². The maximum absolute atomic E-state index is 13.2. The summed E-state index contributed by atoms with van der Waals surface area (Å²) < 4.78 is 15.2. The third kappa shape index (κ3) is 2.95. The molecule has 6 nitrogen and oxygen atoms in total. The van der Waals surface area contributed by atoms with Crippen molar-refractivity contribution >= 4 is 16.8 Å². The van der Waals surface area contributed by atoms with Gasteiger partial charge in [-0.2, -0.15) is 0 Å². The molecule has 0 bridgehead atoms. The lowest BCUT2D eigenvalue weighted by Crippen LogP contribution is -2.41. The van der Waals surface area contributed by atoms with Gasteiger partial charge in [-0.05, 0) is 43.3 Å². The summed E-state index contributed by atoms with van der Waals surface area (Å²) in [5.74, 6) is 0.917. The van der Waals surface area contributed by atoms with Gasteiger partial charge in [0.1, 0.15) is 11.5 Å². The Hall–Kier alpha value is -3.61. The molecule has 5 rings (SSSR count). The first-order valence-corrected chi connectivity index (χ1v) is 9.47. The fourth-order valence-electron chi connectivity index (χ4n) is 3.80. The van der Waals surface area contributed by atoms with Crippen LogP contribution in [0.2, 0.25) is 0 Å². The number of benzene rings is 2. The van der Waals surface area contributed by atoms with Crippen molar-refractivity contribution in [2.45, 2.75) is 19.5 Å². The van der Waals surface area contributed by atoms with Crippen molar-refractivity contribution in [3.05, 3.63) is 77.9 Å². The highest BCUT2D eigenvalue weighted by Crippen LogP contribution is 2.29. The topological polar surface area (TPSA) is 63.9 Å². The first-order valence-electron chi connectivity index (χ1n) is 9.47. The van der Waals surface area contributed by atoms with Crippen LogP contribution in [-0.2, 0) is 6.54 Å². The number of pyridine rings is 1. The molecular formula is C22H18FN5O. The van der Waals surface area contributed by atoms with Gasteiger partial charge in [-0.1, -0.05) is 24.3 Å². The molecule has 2 aromatic carbocycles. The number of carbonyl (C=O) groups excluding carboxylic acids is 1. The number of halogens is 1. The van der Waals surface area contributed by atoms with Crippen LogP contribution in [0.1, 0.15) is 29.1 Å². The number of rotatable bonds is 2. The van der Waals surface area contributed by atoms with Gasteiger partial charge < -0.3 is 9.47 Å². The Balaban J connectivity index is 1.47. The van der Waals surface area contributed by atoms with Crippen LogP contribution in [0.25, 0.3) is 22.4 Å². The van der Waals surface area contributed by atoms with E-state index in [1.165, 1.54) is 24.3 Å². The fourth-order valence-corrected chi connectivity index (χ4v) is 3.80. The molecule has 0 aliphatic carbocycles. The summed E-state index contributed by atoms with van der Waals surface area (Å²) in [5.41, 5.74) is 2.12. The maximum Gasteiger partial charge on any atom is 0.254 e. The van der Waals surface area contributed by atoms with E-state index in [0.717, 1.165) is 22.4 Å². The van der Waals surface area contributed by atoms with Crippen LogP contribution in [0, 0.1) is 5.82 Å². The number of carbonyl (C=O) groups is 1. The highest BCUT2D eigenvalue weighted by molar-refractivity contribution is 5.94. The Kier molecular flexibility index (Phi) is 4.08. The summed E-state index contributed by atoms with van der Waals surface area (Å²) in [4.78, 5) is 19.4. The lowest BCUT2D eigenvalue weighted by Gasteiger charge is -2.33. The van der Waals surface area contributed by atoms with Gasteiger partial charge in [-0.3, -0.25) is 4.79 Å². The van der Waals surface area contributed by atoms with Crippen molar-refractivity contribution < 1.29 is 9.18 Å². The van der Waals surface area contributed by atoms with Gasteiger partial charge in [-0.25, -0.2) is 9.37 Å². The zero-order chi connectivity index (χ0) is 20.0. The molecule has 0 saturated carbocycles. The van der Waals surface area contributed by atoms with Crippen molar-refractivity contribution in [2.24, 2.45) is 0 Å². The maximum atomic E-state index is 13.2. The quantitative estimate of drug-likeness (QED) is 0.524. The molecule has 0 N–H and O–H groups in total. The molecule has 3 heterocycles. The van der Waals surface area contributed by atoms with Crippen LogP contribution in [0.3, 0.4) is 0 Å². The van der Waals surface area contributed by atoms with E-state index in [1.807, 2.05) is 47.9 Å². The van der Waals surface area contributed by atoms with Gasteiger partial charge in [0.2, 0.25) is 0 Å². The fraction of sp³-hybridized carbons (Fsp3) is 0.182. The smallest absolute Gasteiger partial charge is 0.254 e. The predicted octanol–water partition coefficient (Wildman–Crippen LogP) is 3.85. The summed E-state index contributed by atoms with van der Waals surface area (Å²) in [6.45, 7) is 3.02. The third-order valence-electron chi connectivity index (χ3n) is 5.36. The van der Waals surface area contributed by atoms with E-state index in [4.69, 9.17) is 4.98 Å². The molecule has 1 atom stereocenters. The molecule has 0 radical (unpaired) electrons. The predicted molar refractivity (Wildman–Crippen MR) is 107 cm³/mol. The Labute approximate surface area is 166 Å². The molecular weight excluding hydrogens is 369 g/mol. The van der Waals surface area contributed by atoms with E-state index in [2.05, 4.69) is 10.2 Å². The van der Waals surface area contributed by atoms with Crippen molar-refractivity contribution in [2.75, 3.05) is 6.54 Å². The number of fused-ring (bicyclic) bond motifs is 2. The first kappa shape index (κ1) is 17.5. The molecule has 0 spiro atoms. The lowest BCUT2D eigenvalue weighted by molar-refractivity contribution is 0.0638. The van der Waals surface area contributed by atoms with Crippen molar-refractivity contribution in [1.29, 1.82) is 0 Å². The number of hydrogen-bond donors (Lipinski definition) is 0. The SMILES string of the molecule is C[C@H]1c2nnc(-c3ccc4ccccc4n3)n2CCN1C(=O)c1ccc(F)cc1. The minimum Gasteiger partial charge on any atom is -0.327 e. The molecule has 2 aromatic heterocycles. The highest BCUT2D eigenvalue weighted by atomic mass is 19.1. The van der Waals surface area contributed by atoms with Crippen LogP contribution in [0.4, 0.5) is 4.39 Å². The normalized spacial score (nSPS) is 16.1. The average Bonchev–Trinajstić information content (AvgIpc) is 3.19. The first-order chi connectivity index (χ1) is 14.1. The Morgan fingerprint density at radius 2 is 1.79 bits per heavy atom. The zero-order valence-electron chi connectivity index (χ0n) is 15.8. The summed E-state index contributed by atoms with van der Waals surface area (Å²) in [5, 5.41) is 9.79. The Morgan fingerprint density at radius 1 is 1.00 bits per heavy atom. The van der Waals surface area contributed by atoms with Gasteiger partial charge >= 0.3 is 0 Å². The van der Waals surface area contributed by atoms with E-state index in [-0.39, 0.29) is 17.8 Å². The van der Waals surface area contributed by atoms with Crippen LogP contribution in [-0.4, -0.2) is 37.1 Å². The number of nitrogens with zero attached hydrogens (tertiary/aromatic N) is 5. The standard InChI is InChI=1S/C22H18FN5O/c1-14-20-25-26-21(19-11-8-15-4-2-3-5-18(15)24-19)28(20)13-12-27(14)22(29)16-6-9-17(23)10-7-16/h2-11,14H,12-13H2,1H3/t14-/m0/s1. The van der Waals surface area contributed by atoms with E-state index in [0.29, 0.717) is 24.5 Å². The number of hydrogen-bond acceptors (Lipinski definition) is 4. The number of para-hydroxylation sites is 1. The molecule has 0 unspecified atom stereocenters. The third-order valence-corrected chi connectivity index (χ3v) is 5.36. The van der Waals surface area contributed by atoms with Gasteiger partial charge in [-0.15, -0.1) is 10.2 Å². The summed E-state index contributed by atoms with van der Waals surface area (Å²) in [7, 11) is 0. The molecule has 0 fully saturated rings. The summed E-state index contributed by atoms with van der Waals surface area (Å²) in [6, 6.07) is 17.3. The van der Waals surface area contributed by atoms with Gasteiger partial charge in [0.25, 0.3) is 5.91 Å². The second-order valence-electron chi connectivity index (χ2n) is 7.10. The molecule has 1 aliphatic rings. The van der Waals surface area contributed by atoms with Crippen LogP contribution >= 0.6 is 0 Å². The minimum absolute atomic E-state index is 0.142. The van der Waals surface area contributed by atoms with Gasteiger partial charge in [0.05, 0.1) is 11.6 Å². The Morgan fingerprint density at radius 3 is 2.62 bits per heavy atom. The van der Waals surface area contributed by atoms with Crippen molar-refractivity contribution in [1.82, 2.24) is 24.6 Å². The second-order valence-corrected chi connectivity index (χ2v) is 7.10. The summed E-state index contributed by atoms with van der Waals surface area (Å²) >= 11 is 0. The van der Waals surface area contributed by atoms with Gasteiger partial charge in [0, 0.05) is 24.0 Å². The molecule has 1 aliphatic heterocycles. The van der Waals surface area contributed by atoms with Crippen molar-refractivity contribution in [3.63, 3.8) is 0 Å². The van der Waals surface area contributed by atoms with E-state index in [1.54, 1.807) is 4.90 Å². The van der Waals surface area contributed by atoms with E-state index in [9.17, 15) is 9.18 Å². The highest BCUT2D eigenvalue weighted by Gasteiger charge is 2.32. The lowest BCUT2D eigenvalue weighted by atomic mass is 10.1. The number of amides is 1.